The molecule has 0 amide bonds. The Morgan fingerprint density at radius 3 is 1.56 bits per heavy atom. The molecule has 0 aliphatic rings. The summed E-state index contributed by atoms with van der Waals surface area (Å²) in [5.41, 5.74) is -0.444. The van der Waals surface area contributed by atoms with Crippen molar-refractivity contribution < 1.29 is 24.5 Å². The molecule has 0 spiro atoms. The second-order valence-corrected chi connectivity index (χ2v) is 5.99. The highest BCUT2D eigenvalue weighted by Gasteiger charge is 2.45. The molecule has 2 N–H and O–H groups in total. The predicted octanol–water partition coefficient (Wildman–Crippen LogP) is 2.11. The van der Waals surface area contributed by atoms with Crippen LogP contribution in [0.5, 0.6) is 0 Å². The van der Waals surface area contributed by atoms with Gasteiger partial charge in [-0.1, -0.05) is 34.6 Å². The summed E-state index contributed by atoms with van der Waals surface area (Å²) in [7, 11) is 1.42. The monoisotopic (exact) mass is 260 g/mol. The minimum Gasteiger partial charge on any atom is -0.481 e. The zero-order chi connectivity index (χ0) is 14.7. The summed E-state index contributed by atoms with van der Waals surface area (Å²) in [6.07, 6.45) is -0.654. The minimum absolute atomic E-state index is 0.274. The second kappa shape index (κ2) is 6.18. The summed E-state index contributed by atoms with van der Waals surface area (Å²) in [5, 5.41) is 18.6. The maximum absolute atomic E-state index is 11.5. The number of hydrogen-bond donors (Lipinski definition) is 2. The van der Waals surface area contributed by atoms with Crippen molar-refractivity contribution in [3.8, 4) is 0 Å². The van der Waals surface area contributed by atoms with E-state index in [1.54, 1.807) is 13.8 Å². The quantitative estimate of drug-likeness (QED) is 0.764. The van der Waals surface area contributed by atoms with Crippen LogP contribution in [-0.4, -0.2) is 35.4 Å². The first-order valence-corrected chi connectivity index (χ1v) is 6.02. The van der Waals surface area contributed by atoms with Crippen LogP contribution in [-0.2, 0) is 14.3 Å². The van der Waals surface area contributed by atoms with E-state index in [0.717, 1.165) is 0 Å². The van der Waals surface area contributed by atoms with Crippen LogP contribution in [0, 0.1) is 23.2 Å². The van der Waals surface area contributed by atoms with Crippen LogP contribution in [0.1, 0.15) is 34.6 Å². The molecule has 106 valence electrons. The molecule has 3 atom stereocenters. The summed E-state index contributed by atoms with van der Waals surface area (Å²) < 4.78 is 5.28. The SMILES string of the molecule is COC(C(C(=O)O)C(C(=O)O)C(C)C)C(C)(C)C. The zero-order valence-corrected chi connectivity index (χ0v) is 11.9. The Hall–Kier alpha value is -1.10. The third kappa shape index (κ3) is 3.98. The van der Waals surface area contributed by atoms with Crippen LogP contribution >= 0.6 is 0 Å². The molecule has 0 rings (SSSR count). The van der Waals surface area contributed by atoms with Gasteiger partial charge in [0, 0.05) is 7.11 Å². The lowest BCUT2D eigenvalue weighted by atomic mass is 9.72. The number of carboxylic acid groups (broad SMARTS) is 2. The maximum atomic E-state index is 11.5. The van der Waals surface area contributed by atoms with Gasteiger partial charge in [-0.3, -0.25) is 9.59 Å². The molecular weight excluding hydrogens is 236 g/mol. The van der Waals surface area contributed by atoms with Crippen molar-refractivity contribution in [2.24, 2.45) is 23.2 Å². The number of methoxy groups -OCH3 is 1. The van der Waals surface area contributed by atoms with E-state index in [0.29, 0.717) is 0 Å². The molecule has 5 nitrogen and oxygen atoms in total. The van der Waals surface area contributed by atoms with Gasteiger partial charge in [0.1, 0.15) is 0 Å². The lowest BCUT2D eigenvalue weighted by molar-refractivity contribution is -0.166. The van der Waals surface area contributed by atoms with Gasteiger partial charge in [0.15, 0.2) is 0 Å². The summed E-state index contributed by atoms with van der Waals surface area (Å²) in [4.78, 5) is 22.8. The molecule has 0 fully saturated rings. The molecule has 0 aliphatic carbocycles. The van der Waals surface area contributed by atoms with Gasteiger partial charge in [-0.05, 0) is 11.3 Å². The Balaban J connectivity index is 5.53. The van der Waals surface area contributed by atoms with Crippen LogP contribution in [0.2, 0.25) is 0 Å². The van der Waals surface area contributed by atoms with Gasteiger partial charge < -0.3 is 14.9 Å². The van der Waals surface area contributed by atoms with Crippen molar-refractivity contribution in [1.29, 1.82) is 0 Å². The lowest BCUT2D eigenvalue weighted by Crippen LogP contribution is -2.47. The minimum atomic E-state index is -1.13. The van der Waals surface area contributed by atoms with Crippen molar-refractivity contribution in [3.05, 3.63) is 0 Å². The Labute approximate surface area is 108 Å². The average Bonchev–Trinajstić information content (AvgIpc) is 2.13. The Morgan fingerprint density at radius 2 is 1.39 bits per heavy atom. The van der Waals surface area contributed by atoms with Gasteiger partial charge in [0.05, 0.1) is 17.9 Å². The summed E-state index contributed by atoms with van der Waals surface area (Å²) >= 11 is 0. The smallest absolute Gasteiger partial charge is 0.310 e. The molecule has 0 saturated carbocycles. The number of carboxylic acids is 2. The van der Waals surface area contributed by atoms with Crippen molar-refractivity contribution in [3.63, 3.8) is 0 Å². The number of carbonyl (C=O) groups is 2. The van der Waals surface area contributed by atoms with Crippen LogP contribution in [0.3, 0.4) is 0 Å². The zero-order valence-electron chi connectivity index (χ0n) is 11.9. The fourth-order valence-electron chi connectivity index (χ4n) is 2.36. The molecule has 0 aromatic carbocycles. The van der Waals surface area contributed by atoms with E-state index >= 15 is 0 Å². The third-order valence-electron chi connectivity index (χ3n) is 3.11. The molecule has 18 heavy (non-hydrogen) atoms. The van der Waals surface area contributed by atoms with Gasteiger partial charge in [-0.2, -0.15) is 0 Å². The highest BCUT2D eigenvalue weighted by Crippen LogP contribution is 2.35. The number of ether oxygens (including phenoxy) is 1. The number of hydrogen-bond acceptors (Lipinski definition) is 3. The predicted molar refractivity (Wildman–Crippen MR) is 67.3 cm³/mol. The van der Waals surface area contributed by atoms with Gasteiger partial charge in [0.25, 0.3) is 0 Å². The fourth-order valence-corrected chi connectivity index (χ4v) is 2.36. The van der Waals surface area contributed by atoms with Gasteiger partial charge in [-0.15, -0.1) is 0 Å². The Bertz CT molecular complexity index is 303. The maximum Gasteiger partial charge on any atom is 0.310 e. The van der Waals surface area contributed by atoms with Crippen molar-refractivity contribution in [2.45, 2.75) is 40.7 Å². The van der Waals surface area contributed by atoms with Crippen LogP contribution in [0.25, 0.3) is 0 Å². The number of rotatable bonds is 6. The molecule has 3 unspecified atom stereocenters. The molecule has 0 saturated heterocycles. The first-order chi connectivity index (χ1) is 8.03. The molecule has 0 aliphatic heterocycles. The number of aliphatic carboxylic acids is 2. The van der Waals surface area contributed by atoms with Crippen molar-refractivity contribution in [2.75, 3.05) is 7.11 Å². The Morgan fingerprint density at radius 1 is 1.00 bits per heavy atom. The lowest BCUT2D eigenvalue weighted by Gasteiger charge is -2.37. The van der Waals surface area contributed by atoms with E-state index in [2.05, 4.69) is 0 Å². The molecule has 5 heteroatoms. The van der Waals surface area contributed by atoms with Crippen LogP contribution < -0.4 is 0 Å². The van der Waals surface area contributed by atoms with E-state index in [-0.39, 0.29) is 5.92 Å². The van der Waals surface area contributed by atoms with Gasteiger partial charge in [-0.25, -0.2) is 0 Å². The normalized spacial score (nSPS) is 17.3. The summed E-state index contributed by atoms with van der Waals surface area (Å²) in [5.74, 6) is -4.52. The third-order valence-corrected chi connectivity index (χ3v) is 3.11. The van der Waals surface area contributed by atoms with Crippen LogP contribution in [0.4, 0.5) is 0 Å². The second-order valence-electron chi connectivity index (χ2n) is 5.99. The fraction of sp³-hybridized carbons (Fsp3) is 0.846. The molecule has 0 bridgehead atoms. The summed E-state index contributed by atoms with van der Waals surface area (Å²) in [6.45, 7) is 8.96. The van der Waals surface area contributed by atoms with Gasteiger partial charge in [0.2, 0.25) is 0 Å². The molecule has 0 aromatic heterocycles. The molecule has 0 heterocycles. The first kappa shape index (κ1) is 16.9. The van der Waals surface area contributed by atoms with Crippen LogP contribution in [0.15, 0.2) is 0 Å². The standard InChI is InChI=1S/C13H24O5/c1-7(2)8(11(14)15)9(12(16)17)10(18-6)13(3,4)5/h7-10H,1-6H3,(H,14,15)(H,16,17). The van der Waals surface area contributed by atoms with Crippen molar-refractivity contribution >= 4 is 11.9 Å². The average molecular weight is 260 g/mol. The summed E-state index contributed by atoms with van der Waals surface area (Å²) in [6, 6.07) is 0. The highest BCUT2D eigenvalue weighted by atomic mass is 16.5. The van der Waals surface area contributed by atoms with Crippen molar-refractivity contribution in [1.82, 2.24) is 0 Å². The largest absolute Gasteiger partial charge is 0.481 e. The Kier molecular flexibility index (Phi) is 5.80. The molecule has 0 aromatic rings. The van der Waals surface area contributed by atoms with E-state index in [4.69, 9.17) is 4.74 Å². The molecule has 0 radical (unpaired) electrons. The highest BCUT2D eigenvalue weighted by molar-refractivity contribution is 5.80. The van der Waals surface area contributed by atoms with E-state index in [9.17, 15) is 19.8 Å². The van der Waals surface area contributed by atoms with E-state index < -0.39 is 35.3 Å². The van der Waals surface area contributed by atoms with E-state index in [1.165, 1.54) is 7.11 Å². The van der Waals surface area contributed by atoms with E-state index in [1.807, 2.05) is 20.8 Å². The first-order valence-electron chi connectivity index (χ1n) is 6.02. The topological polar surface area (TPSA) is 83.8 Å². The molecular formula is C13H24O5. The van der Waals surface area contributed by atoms with Gasteiger partial charge >= 0.3 is 11.9 Å².